The topological polar surface area (TPSA) is 60.8 Å². The normalized spacial score (nSPS) is 13.5. The Hall–Kier alpha value is -1.39. The second-order valence-corrected chi connectivity index (χ2v) is 5.96. The lowest BCUT2D eigenvalue weighted by atomic mass is 9.86. The highest BCUT2D eigenvalue weighted by Gasteiger charge is 2.26. The molecule has 1 atom stereocenters. The Balaban J connectivity index is 3.07. The highest BCUT2D eigenvalue weighted by Crippen LogP contribution is 2.26. The van der Waals surface area contributed by atoms with Gasteiger partial charge in [-0.05, 0) is 23.1 Å². The third kappa shape index (κ3) is 4.05. The number of aliphatic hydroxyl groups is 1. The average Bonchev–Trinajstić information content (AvgIpc) is 2.37. The predicted octanol–water partition coefficient (Wildman–Crippen LogP) is 2.42. The van der Waals surface area contributed by atoms with Crippen LogP contribution in [0.25, 0.3) is 0 Å². The molecule has 0 radical (unpaired) electrons. The van der Waals surface area contributed by atoms with E-state index < -0.39 is 12.0 Å². The molecule has 0 saturated carbocycles. The molecule has 1 rings (SSSR count). The first-order chi connectivity index (χ1) is 9.31. The van der Waals surface area contributed by atoms with Crippen molar-refractivity contribution >= 4 is 5.97 Å². The van der Waals surface area contributed by atoms with Gasteiger partial charge in [0, 0.05) is 6.54 Å². The molecule has 0 aliphatic carbocycles. The number of aliphatic hydroxyl groups excluding tert-OH is 1. The van der Waals surface area contributed by atoms with Gasteiger partial charge in [-0.25, -0.2) is 0 Å². The third-order valence-corrected chi connectivity index (χ3v) is 3.48. The smallest absolute Gasteiger partial charge is 0.325 e. The first-order valence-electron chi connectivity index (χ1n) is 6.99. The van der Waals surface area contributed by atoms with E-state index in [4.69, 9.17) is 5.11 Å². The van der Waals surface area contributed by atoms with Gasteiger partial charge in [0.15, 0.2) is 0 Å². The van der Waals surface area contributed by atoms with Crippen LogP contribution in [0.15, 0.2) is 24.3 Å². The Labute approximate surface area is 121 Å². The van der Waals surface area contributed by atoms with Crippen LogP contribution in [-0.4, -0.2) is 40.8 Å². The second kappa shape index (κ2) is 6.86. The number of carboxylic acids is 1. The fourth-order valence-corrected chi connectivity index (χ4v) is 2.27. The van der Waals surface area contributed by atoms with Gasteiger partial charge in [-0.15, -0.1) is 0 Å². The summed E-state index contributed by atoms with van der Waals surface area (Å²) in [6.45, 7) is 9.17. The molecule has 4 heteroatoms. The number of carbonyl (C=O) groups is 1. The van der Waals surface area contributed by atoms with Gasteiger partial charge in [-0.3, -0.25) is 9.69 Å². The fraction of sp³-hybridized carbons (Fsp3) is 0.562. The van der Waals surface area contributed by atoms with E-state index in [0.717, 1.165) is 5.56 Å². The van der Waals surface area contributed by atoms with Crippen molar-refractivity contribution in [1.29, 1.82) is 0 Å². The van der Waals surface area contributed by atoms with Crippen molar-refractivity contribution in [1.82, 2.24) is 4.90 Å². The van der Waals surface area contributed by atoms with Crippen molar-refractivity contribution in [3.63, 3.8) is 0 Å². The first kappa shape index (κ1) is 16.7. The Morgan fingerprint density at radius 3 is 2.15 bits per heavy atom. The maximum atomic E-state index is 11.5. The van der Waals surface area contributed by atoms with Gasteiger partial charge < -0.3 is 10.2 Å². The molecule has 0 amide bonds. The van der Waals surface area contributed by atoms with Crippen molar-refractivity contribution in [2.45, 2.75) is 39.2 Å². The Morgan fingerprint density at radius 1 is 1.25 bits per heavy atom. The van der Waals surface area contributed by atoms with Gasteiger partial charge in [0.2, 0.25) is 0 Å². The molecule has 1 aromatic carbocycles. The molecular weight excluding hydrogens is 254 g/mol. The summed E-state index contributed by atoms with van der Waals surface area (Å²) in [7, 11) is 0. The zero-order valence-corrected chi connectivity index (χ0v) is 12.8. The molecule has 0 heterocycles. The standard InChI is InChI=1S/C16H25NO3/c1-5-17(10-11-18)14(15(19)20)12-6-8-13(9-7-12)16(2,3)4/h6-9,14,18H,5,10-11H2,1-4H3,(H,19,20). The highest BCUT2D eigenvalue weighted by atomic mass is 16.4. The molecule has 0 fully saturated rings. The molecular formula is C16H25NO3. The lowest BCUT2D eigenvalue weighted by molar-refractivity contribution is -0.143. The zero-order chi connectivity index (χ0) is 15.3. The van der Waals surface area contributed by atoms with E-state index in [-0.39, 0.29) is 12.0 Å². The van der Waals surface area contributed by atoms with Crippen LogP contribution in [0.1, 0.15) is 44.9 Å². The average molecular weight is 279 g/mol. The first-order valence-corrected chi connectivity index (χ1v) is 6.99. The van der Waals surface area contributed by atoms with Crippen LogP contribution in [0.4, 0.5) is 0 Å². The van der Waals surface area contributed by atoms with Gasteiger partial charge in [0.05, 0.1) is 6.61 Å². The Bertz CT molecular complexity index is 434. The van der Waals surface area contributed by atoms with E-state index in [1.807, 2.05) is 31.2 Å². The minimum absolute atomic E-state index is 0.0440. The van der Waals surface area contributed by atoms with Crippen LogP contribution in [0.5, 0.6) is 0 Å². The second-order valence-electron chi connectivity index (χ2n) is 5.96. The summed E-state index contributed by atoms with van der Waals surface area (Å²) < 4.78 is 0. The number of aliphatic carboxylic acids is 1. The number of likely N-dealkylation sites (N-methyl/N-ethyl adjacent to an activating group) is 1. The van der Waals surface area contributed by atoms with E-state index in [0.29, 0.717) is 13.1 Å². The van der Waals surface area contributed by atoms with Crippen LogP contribution in [0, 0.1) is 0 Å². The molecule has 0 aliphatic heterocycles. The predicted molar refractivity (Wildman–Crippen MR) is 79.9 cm³/mol. The molecule has 0 bridgehead atoms. The lowest BCUT2D eigenvalue weighted by Crippen LogP contribution is -2.36. The molecule has 20 heavy (non-hydrogen) atoms. The van der Waals surface area contributed by atoms with Crippen molar-refractivity contribution in [3.8, 4) is 0 Å². The van der Waals surface area contributed by atoms with Crippen molar-refractivity contribution in [3.05, 3.63) is 35.4 Å². The van der Waals surface area contributed by atoms with Gasteiger partial charge in [0.25, 0.3) is 0 Å². The Morgan fingerprint density at radius 2 is 1.80 bits per heavy atom. The monoisotopic (exact) mass is 279 g/mol. The summed E-state index contributed by atoms with van der Waals surface area (Å²) in [6, 6.07) is 7.01. The van der Waals surface area contributed by atoms with E-state index in [2.05, 4.69) is 20.8 Å². The minimum atomic E-state index is -0.885. The SMILES string of the molecule is CCN(CCO)C(C(=O)O)c1ccc(C(C)(C)C)cc1. The van der Waals surface area contributed by atoms with Crippen molar-refractivity contribution in [2.24, 2.45) is 0 Å². The van der Waals surface area contributed by atoms with Crippen LogP contribution in [0.3, 0.4) is 0 Å². The number of benzene rings is 1. The van der Waals surface area contributed by atoms with Gasteiger partial charge in [-0.2, -0.15) is 0 Å². The largest absolute Gasteiger partial charge is 0.480 e. The van der Waals surface area contributed by atoms with Gasteiger partial charge >= 0.3 is 5.97 Å². The fourth-order valence-electron chi connectivity index (χ4n) is 2.27. The summed E-state index contributed by atoms with van der Waals surface area (Å²) in [5, 5.41) is 18.5. The quantitative estimate of drug-likeness (QED) is 0.839. The van der Waals surface area contributed by atoms with Crippen LogP contribution in [0.2, 0.25) is 0 Å². The van der Waals surface area contributed by atoms with Crippen LogP contribution in [-0.2, 0) is 10.2 Å². The molecule has 0 saturated heterocycles. The van der Waals surface area contributed by atoms with Crippen LogP contribution >= 0.6 is 0 Å². The highest BCUT2D eigenvalue weighted by molar-refractivity contribution is 5.75. The maximum absolute atomic E-state index is 11.5. The number of nitrogens with zero attached hydrogens (tertiary/aromatic N) is 1. The van der Waals surface area contributed by atoms with Crippen LogP contribution < -0.4 is 0 Å². The maximum Gasteiger partial charge on any atom is 0.325 e. The molecule has 2 N–H and O–H groups in total. The summed E-state index contributed by atoms with van der Waals surface area (Å²) >= 11 is 0. The summed E-state index contributed by atoms with van der Waals surface area (Å²) in [6.07, 6.45) is 0. The third-order valence-electron chi connectivity index (χ3n) is 3.48. The number of carboxylic acid groups (broad SMARTS) is 1. The van der Waals surface area contributed by atoms with Crippen molar-refractivity contribution in [2.75, 3.05) is 19.7 Å². The zero-order valence-electron chi connectivity index (χ0n) is 12.8. The molecule has 0 spiro atoms. The summed E-state index contributed by atoms with van der Waals surface area (Å²) in [4.78, 5) is 13.3. The number of rotatable bonds is 6. The van der Waals surface area contributed by atoms with E-state index in [1.54, 1.807) is 4.90 Å². The number of hydrogen-bond acceptors (Lipinski definition) is 3. The molecule has 112 valence electrons. The van der Waals surface area contributed by atoms with E-state index >= 15 is 0 Å². The molecule has 1 unspecified atom stereocenters. The van der Waals surface area contributed by atoms with Gasteiger partial charge in [0.1, 0.15) is 6.04 Å². The van der Waals surface area contributed by atoms with Gasteiger partial charge in [-0.1, -0.05) is 52.0 Å². The molecule has 1 aromatic rings. The lowest BCUT2D eigenvalue weighted by Gasteiger charge is -2.28. The minimum Gasteiger partial charge on any atom is -0.480 e. The summed E-state index contributed by atoms with van der Waals surface area (Å²) in [5.74, 6) is -0.885. The van der Waals surface area contributed by atoms with E-state index in [9.17, 15) is 9.90 Å². The summed E-state index contributed by atoms with van der Waals surface area (Å²) in [5.41, 5.74) is 1.98. The molecule has 0 aliphatic rings. The Kier molecular flexibility index (Phi) is 5.72. The molecule has 4 nitrogen and oxygen atoms in total. The molecule has 0 aromatic heterocycles. The van der Waals surface area contributed by atoms with E-state index in [1.165, 1.54) is 5.56 Å². The number of hydrogen-bond donors (Lipinski definition) is 2. The van der Waals surface area contributed by atoms with Crippen molar-refractivity contribution < 1.29 is 15.0 Å².